The minimum absolute atomic E-state index is 0.00300. The Kier molecular flexibility index (Phi) is 5.98. The van der Waals surface area contributed by atoms with Crippen LogP contribution in [0, 0.1) is 0 Å². The van der Waals surface area contributed by atoms with E-state index in [1.54, 1.807) is 31.1 Å². The molecule has 4 aromatic rings. The predicted molar refractivity (Wildman–Crippen MR) is 147 cm³/mol. The number of amides is 2. The van der Waals surface area contributed by atoms with Gasteiger partial charge in [-0.1, -0.05) is 42.5 Å². The van der Waals surface area contributed by atoms with Crippen molar-refractivity contribution >= 4 is 22.7 Å². The van der Waals surface area contributed by atoms with E-state index in [0.29, 0.717) is 18.0 Å². The number of carbonyl (C=O) groups is 2. The third-order valence-electron chi connectivity index (χ3n) is 8.15. The quantitative estimate of drug-likeness (QED) is 0.403. The largest absolute Gasteiger partial charge is 0.496 e. The van der Waals surface area contributed by atoms with Crippen molar-refractivity contribution in [2.75, 3.05) is 34.4 Å². The second kappa shape index (κ2) is 9.38. The molecule has 39 heavy (non-hydrogen) atoms. The second-order valence-corrected chi connectivity index (χ2v) is 10.2. The molecule has 2 aliphatic rings. The van der Waals surface area contributed by atoms with Gasteiger partial charge in [0.15, 0.2) is 17.0 Å². The van der Waals surface area contributed by atoms with Crippen molar-refractivity contribution in [2.24, 2.45) is 0 Å². The second-order valence-electron chi connectivity index (χ2n) is 10.2. The fraction of sp³-hybridized carbons (Fsp3) is 0.290. The number of methoxy groups -OCH3 is 3. The summed E-state index contributed by atoms with van der Waals surface area (Å²) in [6.45, 7) is 2.51. The number of hydrogen-bond acceptors (Lipinski definition) is 5. The molecule has 1 saturated heterocycles. The van der Waals surface area contributed by atoms with Gasteiger partial charge in [-0.15, -0.1) is 0 Å². The molecule has 2 unspecified atom stereocenters. The molecule has 3 heterocycles. The number of H-pyrrole nitrogens is 1. The number of hydrogen-bond donors (Lipinski definition) is 1. The number of rotatable bonds is 6. The Hall–Kier alpha value is -4.46. The summed E-state index contributed by atoms with van der Waals surface area (Å²) in [6.07, 6.45) is 0. The maximum Gasteiger partial charge on any atom is 0.255 e. The van der Waals surface area contributed by atoms with Gasteiger partial charge < -0.3 is 29.0 Å². The standard InChI is InChI=1S/C31H31N3O5/c1-31-29-28(21-10-5-7-11-23(21)32-29)22(20-9-6-8-12-24(20)37-2)17-34(31)27(35)18-33(30(31)36)16-19-13-14-25(38-3)26(15-19)39-4/h5-15,22,32H,16-18H2,1-4H3. The zero-order valence-corrected chi connectivity index (χ0v) is 22.5. The van der Waals surface area contributed by atoms with Crippen LogP contribution in [0.15, 0.2) is 66.7 Å². The highest BCUT2D eigenvalue weighted by Gasteiger charge is 2.56. The first-order chi connectivity index (χ1) is 18.9. The van der Waals surface area contributed by atoms with Crippen LogP contribution in [-0.4, -0.2) is 61.0 Å². The zero-order valence-electron chi connectivity index (χ0n) is 22.5. The summed E-state index contributed by atoms with van der Waals surface area (Å²) in [5.41, 5.74) is 3.37. The number of benzene rings is 3. The highest BCUT2D eigenvalue weighted by atomic mass is 16.5. The highest BCUT2D eigenvalue weighted by molar-refractivity contribution is 6.01. The van der Waals surface area contributed by atoms with E-state index in [1.807, 2.05) is 67.6 Å². The van der Waals surface area contributed by atoms with Gasteiger partial charge in [-0.05, 0) is 42.3 Å². The molecule has 200 valence electrons. The lowest BCUT2D eigenvalue weighted by Crippen LogP contribution is -2.67. The minimum atomic E-state index is -1.18. The van der Waals surface area contributed by atoms with Crippen LogP contribution in [0.3, 0.4) is 0 Å². The molecule has 0 spiro atoms. The van der Waals surface area contributed by atoms with Gasteiger partial charge in [0.2, 0.25) is 5.91 Å². The Labute approximate surface area is 227 Å². The zero-order chi connectivity index (χ0) is 27.3. The van der Waals surface area contributed by atoms with Crippen molar-refractivity contribution in [1.29, 1.82) is 0 Å². The summed E-state index contributed by atoms with van der Waals surface area (Å²) in [5.74, 6) is 1.57. The maximum atomic E-state index is 14.3. The van der Waals surface area contributed by atoms with Crippen LogP contribution in [0.2, 0.25) is 0 Å². The molecule has 1 aromatic heterocycles. The molecule has 0 bridgehead atoms. The van der Waals surface area contributed by atoms with E-state index >= 15 is 0 Å². The molecular weight excluding hydrogens is 494 g/mol. The van der Waals surface area contributed by atoms with E-state index in [1.165, 1.54) is 0 Å². The SMILES string of the molecule is COc1ccc(CN2CC(=O)N3CC(c4ccccc4OC)c4c([nH]c5ccccc45)C3(C)C2=O)cc1OC. The van der Waals surface area contributed by atoms with Gasteiger partial charge in [-0.2, -0.15) is 0 Å². The summed E-state index contributed by atoms with van der Waals surface area (Å²) in [4.78, 5) is 35.1. The van der Waals surface area contributed by atoms with Crippen LogP contribution < -0.4 is 14.2 Å². The van der Waals surface area contributed by atoms with E-state index in [4.69, 9.17) is 14.2 Å². The minimum Gasteiger partial charge on any atom is -0.496 e. The molecule has 8 heteroatoms. The van der Waals surface area contributed by atoms with Gasteiger partial charge in [0.1, 0.15) is 12.3 Å². The van der Waals surface area contributed by atoms with Crippen LogP contribution in [0.1, 0.15) is 35.2 Å². The van der Waals surface area contributed by atoms with Crippen molar-refractivity contribution in [3.8, 4) is 17.2 Å². The fourth-order valence-corrected chi connectivity index (χ4v) is 6.24. The molecule has 6 rings (SSSR count). The summed E-state index contributed by atoms with van der Waals surface area (Å²) < 4.78 is 16.5. The van der Waals surface area contributed by atoms with Crippen LogP contribution in [-0.2, 0) is 21.7 Å². The third-order valence-corrected chi connectivity index (χ3v) is 8.15. The molecule has 2 aliphatic heterocycles. The first-order valence-corrected chi connectivity index (χ1v) is 13.0. The summed E-state index contributed by atoms with van der Waals surface area (Å²) in [7, 11) is 4.82. The molecule has 2 atom stereocenters. The molecule has 0 radical (unpaired) electrons. The topological polar surface area (TPSA) is 84.1 Å². The van der Waals surface area contributed by atoms with E-state index in [-0.39, 0.29) is 30.8 Å². The number of fused-ring (bicyclic) bond motifs is 5. The van der Waals surface area contributed by atoms with Crippen LogP contribution in [0.25, 0.3) is 10.9 Å². The fourth-order valence-electron chi connectivity index (χ4n) is 6.24. The monoisotopic (exact) mass is 525 g/mol. The van der Waals surface area contributed by atoms with E-state index in [9.17, 15) is 9.59 Å². The number of carbonyl (C=O) groups excluding carboxylic acids is 2. The van der Waals surface area contributed by atoms with Crippen molar-refractivity contribution < 1.29 is 23.8 Å². The Morgan fingerprint density at radius 2 is 1.62 bits per heavy atom. The number of piperazine rings is 1. The Morgan fingerprint density at radius 3 is 2.38 bits per heavy atom. The lowest BCUT2D eigenvalue weighted by atomic mass is 9.76. The van der Waals surface area contributed by atoms with Crippen LogP contribution in [0.4, 0.5) is 0 Å². The van der Waals surface area contributed by atoms with Gasteiger partial charge in [0.05, 0.1) is 27.0 Å². The van der Waals surface area contributed by atoms with E-state index in [2.05, 4.69) is 11.1 Å². The van der Waals surface area contributed by atoms with Gasteiger partial charge in [-0.25, -0.2) is 0 Å². The molecule has 1 fully saturated rings. The molecule has 0 saturated carbocycles. The van der Waals surface area contributed by atoms with Crippen LogP contribution >= 0.6 is 0 Å². The van der Waals surface area contributed by atoms with E-state index < -0.39 is 5.54 Å². The van der Waals surface area contributed by atoms with Gasteiger partial charge >= 0.3 is 0 Å². The highest BCUT2D eigenvalue weighted by Crippen LogP contribution is 2.49. The Morgan fingerprint density at radius 1 is 0.897 bits per heavy atom. The smallest absolute Gasteiger partial charge is 0.255 e. The lowest BCUT2D eigenvalue weighted by Gasteiger charge is -2.51. The molecular formula is C31H31N3O5. The number of nitrogens with one attached hydrogen (secondary N) is 1. The lowest BCUT2D eigenvalue weighted by molar-refractivity contribution is -0.166. The number of aromatic amines is 1. The summed E-state index contributed by atoms with van der Waals surface area (Å²) in [6, 6.07) is 21.5. The Balaban J connectivity index is 1.47. The number of ether oxygens (including phenoxy) is 3. The summed E-state index contributed by atoms with van der Waals surface area (Å²) in [5, 5.41) is 1.04. The third kappa shape index (κ3) is 3.73. The normalized spacial score (nSPS) is 20.6. The molecule has 0 aliphatic carbocycles. The molecule has 1 N–H and O–H groups in total. The number of para-hydroxylation sites is 2. The maximum absolute atomic E-state index is 14.3. The Bertz CT molecular complexity index is 1590. The van der Waals surface area contributed by atoms with Gasteiger partial charge in [0.25, 0.3) is 5.91 Å². The number of nitrogens with zero attached hydrogens (tertiary/aromatic N) is 2. The van der Waals surface area contributed by atoms with Crippen molar-refractivity contribution in [3.05, 3.63) is 89.1 Å². The average molecular weight is 526 g/mol. The molecule has 8 nitrogen and oxygen atoms in total. The summed E-state index contributed by atoms with van der Waals surface area (Å²) >= 11 is 0. The molecule has 3 aromatic carbocycles. The first-order valence-electron chi connectivity index (χ1n) is 13.0. The van der Waals surface area contributed by atoms with Crippen molar-refractivity contribution in [3.63, 3.8) is 0 Å². The van der Waals surface area contributed by atoms with Gasteiger partial charge in [0, 0.05) is 35.5 Å². The van der Waals surface area contributed by atoms with Crippen LogP contribution in [0.5, 0.6) is 17.2 Å². The van der Waals surface area contributed by atoms with E-state index in [0.717, 1.165) is 39.0 Å². The van der Waals surface area contributed by atoms with Crippen molar-refractivity contribution in [1.82, 2.24) is 14.8 Å². The number of aromatic nitrogens is 1. The molecule has 2 amide bonds. The predicted octanol–water partition coefficient (Wildman–Crippen LogP) is 4.43. The van der Waals surface area contributed by atoms with Gasteiger partial charge in [-0.3, -0.25) is 9.59 Å². The first kappa shape index (κ1) is 24.9. The van der Waals surface area contributed by atoms with Crippen molar-refractivity contribution in [2.45, 2.75) is 24.9 Å². The average Bonchev–Trinajstić information content (AvgIpc) is 3.36.